The molecule has 3 rings (SSSR count). The zero-order chi connectivity index (χ0) is 21.8. The molecule has 1 aliphatic rings. The number of anilines is 1. The van der Waals surface area contributed by atoms with Crippen LogP contribution < -0.4 is 4.90 Å². The van der Waals surface area contributed by atoms with Crippen molar-refractivity contribution in [2.24, 2.45) is 0 Å². The monoisotopic (exact) mass is 435 g/mol. The minimum atomic E-state index is -2.31. The molecule has 1 aliphatic heterocycles. The molecule has 0 amide bonds. The molecule has 0 aliphatic carbocycles. The highest BCUT2D eigenvalue weighted by molar-refractivity contribution is 7.16. The predicted molar refractivity (Wildman–Crippen MR) is 104 cm³/mol. The van der Waals surface area contributed by atoms with Crippen molar-refractivity contribution in [3.05, 3.63) is 63.3 Å². The van der Waals surface area contributed by atoms with E-state index in [2.05, 4.69) is 4.90 Å². The molecule has 0 bridgehead atoms. The molecule has 154 valence electrons. The smallest absolute Gasteiger partial charge is 0.200 e. The Hall–Kier alpha value is -3.17. The summed E-state index contributed by atoms with van der Waals surface area (Å²) in [5, 5.41) is 19.2. The van der Waals surface area contributed by atoms with Gasteiger partial charge in [0.15, 0.2) is 23.3 Å². The molecule has 1 aromatic heterocycles. The van der Waals surface area contributed by atoms with E-state index in [1.807, 2.05) is 6.07 Å². The summed E-state index contributed by atoms with van der Waals surface area (Å²) in [6, 6.07) is 6.49. The number of piperidine rings is 1. The molecule has 0 N–H and O–H groups in total. The van der Waals surface area contributed by atoms with Crippen LogP contribution in [0.25, 0.3) is 11.6 Å². The van der Waals surface area contributed by atoms with Gasteiger partial charge in [0.1, 0.15) is 17.7 Å². The molecule has 1 fully saturated rings. The molecule has 2 heterocycles. The molecule has 0 radical (unpaired) electrons. The van der Waals surface area contributed by atoms with Crippen molar-refractivity contribution < 1.29 is 22.0 Å². The summed E-state index contributed by atoms with van der Waals surface area (Å²) in [5.41, 5.74) is -2.77. The van der Waals surface area contributed by atoms with Gasteiger partial charge in [-0.3, -0.25) is 0 Å². The van der Waals surface area contributed by atoms with Gasteiger partial charge in [-0.05, 0) is 37.5 Å². The fraction of sp³-hybridized carbons (Fsp3) is 0.238. The normalized spacial score (nSPS) is 13.9. The van der Waals surface area contributed by atoms with Gasteiger partial charge in [0.25, 0.3) is 0 Å². The van der Waals surface area contributed by atoms with E-state index in [0.29, 0.717) is 4.88 Å². The van der Waals surface area contributed by atoms with Gasteiger partial charge in [-0.25, -0.2) is 22.0 Å². The maximum atomic E-state index is 14.2. The topological polar surface area (TPSA) is 50.8 Å². The average Bonchev–Trinajstić information content (AvgIpc) is 3.25. The number of nitriles is 2. The second-order valence-corrected chi connectivity index (χ2v) is 7.61. The van der Waals surface area contributed by atoms with Crippen LogP contribution in [-0.2, 0) is 0 Å². The molecule has 30 heavy (non-hydrogen) atoms. The van der Waals surface area contributed by atoms with Gasteiger partial charge in [0, 0.05) is 23.5 Å². The number of hydrogen-bond donors (Lipinski definition) is 0. The summed E-state index contributed by atoms with van der Waals surface area (Å²) in [6.07, 6.45) is 5.70. The molecule has 0 spiro atoms. The summed E-state index contributed by atoms with van der Waals surface area (Å²) in [5.74, 6) is -10.8. The molecule has 1 aromatic carbocycles. The number of allylic oxidation sites excluding steroid dienone is 3. The van der Waals surface area contributed by atoms with E-state index in [1.165, 1.54) is 29.6 Å². The Morgan fingerprint density at radius 2 is 1.43 bits per heavy atom. The number of rotatable bonds is 4. The first-order chi connectivity index (χ1) is 14.4. The molecule has 9 heteroatoms. The van der Waals surface area contributed by atoms with Crippen LogP contribution in [0.4, 0.5) is 27.0 Å². The van der Waals surface area contributed by atoms with Gasteiger partial charge in [0.2, 0.25) is 5.82 Å². The second kappa shape index (κ2) is 9.10. The van der Waals surface area contributed by atoms with Gasteiger partial charge in [-0.15, -0.1) is 11.3 Å². The average molecular weight is 435 g/mol. The Balaban J connectivity index is 2.05. The highest BCUT2D eigenvalue weighted by Crippen LogP contribution is 2.33. The summed E-state index contributed by atoms with van der Waals surface area (Å²) >= 11 is 1.38. The van der Waals surface area contributed by atoms with E-state index >= 15 is 0 Å². The highest BCUT2D eigenvalue weighted by Gasteiger charge is 2.28. The third-order valence-corrected chi connectivity index (χ3v) is 5.78. The van der Waals surface area contributed by atoms with Gasteiger partial charge in [-0.1, -0.05) is 6.08 Å². The summed E-state index contributed by atoms with van der Waals surface area (Å²) in [7, 11) is 0. The Kier molecular flexibility index (Phi) is 6.53. The van der Waals surface area contributed by atoms with Gasteiger partial charge in [0.05, 0.1) is 10.6 Å². The number of hydrogen-bond acceptors (Lipinski definition) is 4. The van der Waals surface area contributed by atoms with Crippen molar-refractivity contribution in [3.63, 3.8) is 0 Å². The van der Waals surface area contributed by atoms with E-state index in [-0.39, 0.29) is 0 Å². The molecule has 3 nitrogen and oxygen atoms in total. The standard InChI is InChI=1S/C21H14F5N3S/c22-17-16(18(23)20(25)21(26)19(17)24)14(12(10-27)11-28)6-4-13-5-7-15(30-13)29-8-2-1-3-9-29/h4-7H,1-3,8-9H2/b6-4+. The van der Waals surface area contributed by atoms with E-state index in [4.69, 9.17) is 10.5 Å². The SMILES string of the molecule is N#CC(C#N)=C(/C=C/c1ccc(N2CCCCC2)s1)c1c(F)c(F)c(F)c(F)c1F. The van der Waals surface area contributed by atoms with Crippen LogP contribution in [0.2, 0.25) is 0 Å². The van der Waals surface area contributed by atoms with E-state index in [9.17, 15) is 22.0 Å². The number of benzene rings is 1. The molecule has 0 saturated carbocycles. The van der Waals surface area contributed by atoms with Crippen LogP contribution >= 0.6 is 11.3 Å². The van der Waals surface area contributed by atoms with Crippen LogP contribution in [-0.4, -0.2) is 13.1 Å². The molecular weight excluding hydrogens is 421 g/mol. The fourth-order valence-corrected chi connectivity index (χ4v) is 4.12. The zero-order valence-corrected chi connectivity index (χ0v) is 16.3. The van der Waals surface area contributed by atoms with Crippen LogP contribution in [0, 0.1) is 51.7 Å². The van der Waals surface area contributed by atoms with Crippen LogP contribution in [0.15, 0.2) is 23.8 Å². The van der Waals surface area contributed by atoms with Crippen molar-refractivity contribution in [3.8, 4) is 12.1 Å². The van der Waals surface area contributed by atoms with Gasteiger partial charge >= 0.3 is 0 Å². The first-order valence-corrected chi connectivity index (χ1v) is 9.79. The van der Waals surface area contributed by atoms with Gasteiger partial charge < -0.3 is 4.90 Å². The predicted octanol–water partition coefficient (Wildman–Crippen LogP) is 5.95. The molecule has 0 atom stereocenters. The lowest BCUT2D eigenvalue weighted by Crippen LogP contribution is -2.28. The minimum Gasteiger partial charge on any atom is -0.363 e. The van der Waals surface area contributed by atoms with Crippen molar-refractivity contribution in [1.29, 1.82) is 10.5 Å². The quantitative estimate of drug-likeness (QED) is 0.196. The second-order valence-electron chi connectivity index (χ2n) is 6.51. The highest BCUT2D eigenvalue weighted by atomic mass is 32.1. The van der Waals surface area contributed by atoms with E-state index in [0.717, 1.165) is 43.4 Å². The largest absolute Gasteiger partial charge is 0.363 e. The van der Waals surface area contributed by atoms with Crippen molar-refractivity contribution in [2.45, 2.75) is 19.3 Å². The minimum absolute atomic E-state index is 0.632. The lowest BCUT2D eigenvalue weighted by molar-refractivity contribution is 0.376. The Bertz CT molecular complexity index is 1070. The maximum absolute atomic E-state index is 14.2. The van der Waals surface area contributed by atoms with Crippen LogP contribution in [0.1, 0.15) is 29.7 Å². The van der Waals surface area contributed by atoms with E-state index < -0.39 is 45.8 Å². The number of nitrogens with zero attached hydrogens (tertiary/aromatic N) is 3. The van der Waals surface area contributed by atoms with Crippen molar-refractivity contribution >= 4 is 28.0 Å². The Labute approximate surface area is 173 Å². The van der Waals surface area contributed by atoms with Gasteiger partial charge in [-0.2, -0.15) is 10.5 Å². The fourth-order valence-electron chi connectivity index (χ4n) is 3.16. The van der Waals surface area contributed by atoms with E-state index in [1.54, 1.807) is 6.07 Å². The lowest BCUT2D eigenvalue weighted by Gasteiger charge is -2.27. The third kappa shape index (κ3) is 4.07. The lowest BCUT2D eigenvalue weighted by atomic mass is 9.98. The summed E-state index contributed by atoms with van der Waals surface area (Å²) in [6.45, 7) is 1.82. The molecule has 1 saturated heterocycles. The molecule has 0 unspecified atom stereocenters. The van der Waals surface area contributed by atoms with Crippen LogP contribution in [0.3, 0.4) is 0 Å². The Morgan fingerprint density at radius 1 is 0.867 bits per heavy atom. The number of halogens is 5. The Morgan fingerprint density at radius 3 is 2.00 bits per heavy atom. The first kappa shape index (κ1) is 21.5. The summed E-state index contributed by atoms with van der Waals surface area (Å²) in [4.78, 5) is 2.83. The zero-order valence-electron chi connectivity index (χ0n) is 15.5. The van der Waals surface area contributed by atoms with Crippen molar-refractivity contribution in [2.75, 3.05) is 18.0 Å². The summed E-state index contributed by atoms with van der Waals surface area (Å²) < 4.78 is 69.1. The van der Waals surface area contributed by atoms with Crippen LogP contribution in [0.5, 0.6) is 0 Å². The molecule has 2 aromatic rings. The third-order valence-electron chi connectivity index (χ3n) is 4.67. The first-order valence-electron chi connectivity index (χ1n) is 8.98. The maximum Gasteiger partial charge on any atom is 0.200 e. The number of thiophene rings is 1. The molecular formula is C21H14F5N3S. The van der Waals surface area contributed by atoms with Crippen molar-refractivity contribution in [1.82, 2.24) is 0 Å².